The van der Waals surface area contributed by atoms with Crippen LogP contribution in [0.15, 0.2) is 30.9 Å². The zero-order chi connectivity index (χ0) is 14.3. The minimum Gasteiger partial charge on any atom is -0.395 e. The summed E-state index contributed by atoms with van der Waals surface area (Å²) in [6, 6.07) is 4.03. The maximum Gasteiger partial charge on any atom is 0.238 e. The van der Waals surface area contributed by atoms with E-state index in [4.69, 9.17) is 16.7 Å². The van der Waals surface area contributed by atoms with E-state index >= 15 is 0 Å². The molecule has 0 bridgehead atoms. The number of anilines is 1. The second-order valence-corrected chi connectivity index (χ2v) is 4.36. The first-order valence-electron chi connectivity index (χ1n) is 5.76. The molecule has 0 aliphatic rings. The van der Waals surface area contributed by atoms with E-state index in [1.165, 1.54) is 12.1 Å². The Hall–Kier alpha value is -1.43. The largest absolute Gasteiger partial charge is 0.395 e. The molecule has 2 N–H and O–H groups in total. The van der Waals surface area contributed by atoms with Crippen molar-refractivity contribution < 1.29 is 14.3 Å². The fraction of sp³-hybridized carbons (Fsp3) is 0.308. The van der Waals surface area contributed by atoms with Crippen LogP contribution >= 0.6 is 11.6 Å². The van der Waals surface area contributed by atoms with Gasteiger partial charge in [-0.1, -0.05) is 17.7 Å². The normalized spacial score (nSPS) is 10.5. The fourth-order valence-corrected chi connectivity index (χ4v) is 1.70. The van der Waals surface area contributed by atoms with Gasteiger partial charge in [-0.3, -0.25) is 9.69 Å². The van der Waals surface area contributed by atoms with E-state index in [0.717, 1.165) is 6.07 Å². The van der Waals surface area contributed by atoms with E-state index in [2.05, 4.69) is 11.9 Å². The van der Waals surface area contributed by atoms with E-state index in [1.807, 2.05) is 0 Å². The summed E-state index contributed by atoms with van der Waals surface area (Å²) in [7, 11) is 0. The summed E-state index contributed by atoms with van der Waals surface area (Å²) in [5, 5.41) is 11.6. The second-order valence-electron chi connectivity index (χ2n) is 3.92. The van der Waals surface area contributed by atoms with Gasteiger partial charge in [0, 0.05) is 18.1 Å². The number of halogens is 2. The number of hydrogen-bond donors (Lipinski definition) is 2. The molecule has 0 heterocycles. The van der Waals surface area contributed by atoms with Gasteiger partial charge < -0.3 is 10.4 Å². The third kappa shape index (κ3) is 5.38. The number of rotatable bonds is 7. The van der Waals surface area contributed by atoms with Gasteiger partial charge in [0.05, 0.1) is 18.8 Å². The van der Waals surface area contributed by atoms with E-state index in [0.29, 0.717) is 13.1 Å². The van der Waals surface area contributed by atoms with Crippen molar-refractivity contribution in [3.05, 3.63) is 41.7 Å². The van der Waals surface area contributed by atoms with Gasteiger partial charge in [-0.2, -0.15) is 0 Å². The molecule has 104 valence electrons. The molecule has 0 saturated heterocycles. The van der Waals surface area contributed by atoms with Crippen LogP contribution in [-0.4, -0.2) is 42.2 Å². The topological polar surface area (TPSA) is 52.6 Å². The van der Waals surface area contributed by atoms with Crippen molar-refractivity contribution >= 4 is 23.2 Å². The minimum atomic E-state index is -0.585. The van der Waals surface area contributed by atoms with Gasteiger partial charge in [0.15, 0.2) is 0 Å². The van der Waals surface area contributed by atoms with Crippen molar-refractivity contribution in [1.82, 2.24) is 4.90 Å². The van der Waals surface area contributed by atoms with E-state index < -0.39 is 5.82 Å². The first kappa shape index (κ1) is 15.6. The fourth-order valence-electron chi connectivity index (χ4n) is 1.54. The monoisotopic (exact) mass is 286 g/mol. The molecule has 0 aromatic heterocycles. The zero-order valence-corrected chi connectivity index (χ0v) is 11.2. The summed E-state index contributed by atoms with van der Waals surface area (Å²) >= 11 is 5.62. The molecule has 19 heavy (non-hydrogen) atoms. The van der Waals surface area contributed by atoms with E-state index in [9.17, 15) is 9.18 Å². The predicted molar refractivity (Wildman–Crippen MR) is 73.8 cm³/mol. The Balaban J connectivity index is 2.60. The minimum absolute atomic E-state index is 0.0502. The average Bonchev–Trinajstić information content (AvgIpc) is 2.33. The van der Waals surface area contributed by atoms with Crippen LogP contribution in [0.4, 0.5) is 10.1 Å². The SMILES string of the molecule is C=CCN(CCO)CC(=O)Nc1ccc(Cl)cc1F. The molecule has 1 rings (SSSR count). The Kier molecular flexibility index (Phi) is 6.49. The lowest BCUT2D eigenvalue weighted by molar-refractivity contribution is -0.117. The molecule has 1 aromatic rings. The van der Waals surface area contributed by atoms with Crippen LogP contribution in [0.2, 0.25) is 5.02 Å². The summed E-state index contributed by atoms with van der Waals surface area (Å²) in [4.78, 5) is 13.4. The number of nitrogens with one attached hydrogen (secondary N) is 1. The lowest BCUT2D eigenvalue weighted by Crippen LogP contribution is -2.35. The number of nitrogens with zero attached hydrogens (tertiary/aromatic N) is 1. The number of aliphatic hydroxyl groups is 1. The molecule has 0 spiro atoms. The summed E-state index contributed by atoms with van der Waals surface area (Å²) in [5.41, 5.74) is 0.0805. The molecule has 0 atom stereocenters. The van der Waals surface area contributed by atoms with Crippen LogP contribution in [0, 0.1) is 5.82 Å². The lowest BCUT2D eigenvalue weighted by Gasteiger charge is -2.18. The van der Waals surface area contributed by atoms with Crippen molar-refractivity contribution in [3.63, 3.8) is 0 Å². The first-order chi connectivity index (χ1) is 9.06. The highest BCUT2D eigenvalue weighted by Crippen LogP contribution is 2.18. The smallest absolute Gasteiger partial charge is 0.238 e. The van der Waals surface area contributed by atoms with E-state index in [-0.39, 0.29) is 29.8 Å². The first-order valence-corrected chi connectivity index (χ1v) is 6.13. The quantitative estimate of drug-likeness (QED) is 0.753. The highest BCUT2D eigenvalue weighted by Gasteiger charge is 2.11. The standard InChI is InChI=1S/C13H16ClFN2O2/c1-2-5-17(6-7-18)9-13(19)16-12-4-3-10(14)8-11(12)15/h2-4,8,18H,1,5-7,9H2,(H,16,19). The van der Waals surface area contributed by atoms with Crippen molar-refractivity contribution in [1.29, 1.82) is 0 Å². The van der Waals surface area contributed by atoms with Crippen molar-refractivity contribution in [2.45, 2.75) is 0 Å². The second kappa shape index (κ2) is 7.89. The van der Waals surface area contributed by atoms with Crippen LogP contribution in [-0.2, 0) is 4.79 Å². The lowest BCUT2D eigenvalue weighted by atomic mass is 10.3. The third-order valence-electron chi connectivity index (χ3n) is 2.38. The number of amides is 1. The van der Waals surface area contributed by atoms with Crippen LogP contribution in [0.1, 0.15) is 0 Å². The van der Waals surface area contributed by atoms with Crippen molar-refractivity contribution in [2.24, 2.45) is 0 Å². The molecule has 0 aliphatic carbocycles. The molecule has 6 heteroatoms. The summed E-state index contributed by atoms with van der Waals surface area (Å²) in [6.07, 6.45) is 1.63. The van der Waals surface area contributed by atoms with Gasteiger partial charge in [-0.15, -0.1) is 6.58 Å². The third-order valence-corrected chi connectivity index (χ3v) is 2.61. The average molecular weight is 287 g/mol. The number of carbonyl (C=O) groups is 1. The molecule has 0 saturated carbocycles. The predicted octanol–water partition coefficient (Wildman–Crippen LogP) is 1.90. The molecule has 0 fully saturated rings. The number of aliphatic hydroxyl groups excluding tert-OH is 1. The molecule has 1 aromatic carbocycles. The maximum atomic E-state index is 13.5. The van der Waals surface area contributed by atoms with Gasteiger partial charge in [0.2, 0.25) is 5.91 Å². The molecule has 1 amide bonds. The number of benzene rings is 1. The van der Waals surface area contributed by atoms with Gasteiger partial charge in [-0.25, -0.2) is 4.39 Å². The van der Waals surface area contributed by atoms with Gasteiger partial charge in [0.25, 0.3) is 0 Å². The Morgan fingerprint density at radius 2 is 2.32 bits per heavy atom. The zero-order valence-electron chi connectivity index (χ0n) is 10.4. The molecular formula is C13H16ClFN2O2. The summed E-state index contributed by atoms with van der Waals surface area (Å²) in [6.45, 7) is 4.38. The molecule has 0 aliphatic heterocycles. The van der Waals surface area contributed by atoms with E-state index in [1.54, 1.807) is 11.0 Å². The Morgan fingerprint density at radius 1 is 1.58 bits per heavy atom. The highest BCUT2D eigenvalue weighted by atomic mass is 35.5. The molecular weight excluding hydrogens is 271 g/mol. The van der Waals surface area contributed by atoms with Crippen molar-refractivity contribution in [3.8, 4) is 0 Å². The van der Waals surface area contributed by atoms with Gasteiger partial charge in [0.1, 0.15) is 5.82 Å². The van der Waals surface area contributed by atoms with Gasteiger partial charge in [-0.05, 0) is 18.2 Å². The van der Waals surface area contributed by atoms with Crippen molar-refractivity contribution in [2.75, 3.05) is 31.6 Å². The number of carbonyl (C=O) groups excluding carboxylic acids is 1. The Labute approximate surface area is 116 Å². The maximum absolute atomic E-state index is 13.5. The summed E-state index contributed by atoms with van der Waals surface area (Å²) in [5.74, 6) is -0.949. The van der Waals surface area contributed by atoms with Crippen LogP contribution in [0.3, 0.4) is 0 Å². The number of hydrogen-bond acceptors (Lipinski definition) is 3. The Morgan fingerprint density at radius 3 is 2.89 bits per heavy atom. The van der Waals surface area contributed by atoms with Crippen LogP contribution in [0.25, 0.3) is 0 Å². The highest BCUT2D eigenvalue weighted by molar-refractivity contribution is 6.30. The van der Waals surface area contributed by atoms with Crippen LogP contribution < -0.4 is 5.32 Å². The van der Waals surface area contributed by atoms with Gasteiger partial charge >= 0.3 is 0 Å². The Bertz CT molecular complexity index is 454. The summed E-state index contributed by atoms with van der Waals surface area (Å²) < 4.78 is 13.5. The molecule has 0 unspecified atom stereocenters. The molecule has 4 nitrogen and oxygen atoms in total. The van der Waals surface area contributed by atoms with Crippen LogP contribution in [0.5, 0.6) is 0 Å². The molecule has 0 radical (unpaired) electrons.